The van der Waals surface area contributed by atoms with Crippen molar-refractivity contribution >= 4 is 56.9 Å². The van der Waals surface area contributed by atoms with Gasteiger partial charge in [-0.15, -0.1) is 0 Å². The van der Waals surface area contributed by atoms with Crippen LogP contribution in [0.1, 0.15) is 5.56 Å². The highest BCUT2D eigenvalue weighted by molar-refractivity contribution is 7.98. The van der Waals surface area contributed by atoms with Crippen LogP contribution in [0.5, 0.6) is 0 Å². The number of nitrogens with zero attached hydrogens (tertiary/aromatic N) is 2. The Morgan fingerprint density at radius 2 is 1.96 bits per heavy atom. The number of fused-ring (bicyclic) bond motifs is 3. The van der Waals surface area contributed by atoms with E-state index in [-0.39, 0.29) is 5.56 Å². The van der Waals surface area contributed by atoms with Gasteiger partial charge in [0.15, 0.2) is 5.16 Å². The molecule has 0 aliphatic rings. The molecule has 2 aromatic heterocycles. The normalized spacial score (nSPS) is 11.5. The molecule has 25 heavy (non-hydrogen) atoms. The SMILES string of the molecule is Cn1c(SCc2ccc(Cl)c(Cl)c2)nc2c([nH]c3ccccc32)c1=O. The molecule has 4 rings (SSSR count). The van der Waals surface area contributed by atoms with Crippen LogP contribution >= 0.6 is 35.0 Å². The quantitative estimate of drug-likeness (QED) is 0.395. The van der Waals surface area contributed by atoms with Crippen molar-refractivity contribution in [2.24, 2.45) is 7.05 Å². The molecule has 0 aliphatic carbocycles. The number of hydrogen-bond acceptors (Lipinski definition) is 3. The largest absolute Gasteiger partial charge is 0.349 e. The zero-order chi connectivity index (χ0) is 17.6. The molecule has 4 aromatic rings. The lowest BCUT2D eigenvalue weighted by atomic mass is 10.2. The van der Waals surface area contributed by atoms with Crippen LogP contribution < -0.4 is 5.56 Å². The molecule has 0 saturated heterocycles. The molecule has 4 nitrogen and oxygen atoms in total. The van der Waals surface area contributed by atoms with Crippen LogP contribution in [-0.2, 0) is 12.8 Å². The Hall–Kier alpha value is -1.95. The average molecular weight is 390 g/mol. The smallest absolute Gasteiger partial charge is 0.278 e. The zero-order valence-corrected chi connectivity index (χ0v) is 15.5. The van der Waals surface area contributed by atoms with E-state index in [0.717, 1.165) is 16.5 Å². The fourth-order valence-electron chi connectivity index (χ4n) is 2.73. The number of aromatic nitrogens is 3. The van der Waals surface area contributed by atoms with E-state index in [1.54, 1.807) is 17.7 Å². The highest BCUT2D eigenvalue weighted by Crippen LogP contribution is 2.28. The van der Waals surface area contributed by atoms with E-state index in [0.29, 0.717) is 32.0 Å². The maximum absolute atomic E-state index is 12.7. The van der Waals surface area contributed by atoms with Crippen LogP contribution in [0.25, 0.3) is 21.9 Å². The Kier molecular flexibility index (Phi) is 4.23. The average Bonchev–Trinajstić information content (AvgIpc) is 2.98. The summed E-state index contributed by atoms with van der Waals surface area (Å²) >= 11 is 13.5. The predicted molar refractivity (Wildman–Crippen MR) is 105 cm³/mol. The summed E-state index contributed by atoms with van der Waals surface area (Å²) in [6, 6.07) is 13.3. The van der Waals surface area contributed by atoms with E-state index in [1.807, 2.05) is 36.4 Å². The lowest BCUT2D eigenvalue weighted by molar-refractivity contribution is 0.725. The summed E-state index contributed by atoms with van der Waals surface area (Å²) in [5, 5.41) is 2.66. The number of aromatic amines is 1. The topological polar surface area (TPSA) is 50.7 Å². The fraction of sp³-hybridized carbons (Fsp3) is 0.111. The molecule has 2 heterocycles. The van der Waals surface area contributed by atoms with Crippen molar-refractivity contribution in [3.05, 3.63) is 68.4 Å². The van der Waals surface area contributed by atoms with Crippen molar-refractivity contribution in [3.63, 3.8) is 0 Å². The van der Waals surface area contributed by atoms with E-state index >= 15 is 0 Å². The summed E-state index contributed by atoms with van der Waals surface area (Å²) in [6.07, 6.45) is 0. The molecule has 0 amide bonds. The van der Waals surface area contributed by atoms with Gasteiger partial charge in [-0.05, 0) is 23.8 Å². The minimum absolute atomic E-state index is 0.0853. The lowest BCUT2D eigenvalue weighted by Gasteiger charge is -2.08. The van der Waals surface area contributed by atoms with E-state index in [9.17, 15) is 4.79 Å². The van der Waals surface area contributed by atoms with Gasteiger partial charge in [0.25, 0.3) is 5.56 Å². The molecule has 0 radical (unpaired) electrons. The first-order valence-corrected chi connectivity index (χ1v) is 9.33. The number of halogens is 2. The van der Waals surface area contributed by atoms with Crippen LogP contribution in [0.2, 0.25) is 10.0 Å². The first-order chi connectivity index (χ1) is 12.0. The summed E-state index contributed by atoms with van der Waals surface area (Å²) in [7, 11) is 1.73. The molecule has 0 aliphatic heterocycles. The summed E-state index contributed by atoms with van der Waals surface area (Å²) < 4.78 is 1.57. The minimum Gasteiger partial charge on any atom is -0.349 e. The van der Waals surface area contributed by atoms with Gasteiger partial charge in [-0.2, -0.15) is 0 Å². The molecular formula is C18H13Cl2N3OS. The number of nitrogens with one attached hydrogen (secondary N) is 1. The summed E-state index contributed by atoms with van der Waals surface area (Å²) in [4.78, 5) is 20.5. The molecule has 0 atom stereocenters. The van der Waals surface area contributed by atoms with E-state index < -0.39 is 0 Å². The summed E-state index contributed by atoms with van der Waals surface area (Å²) in [6.45, 7) is 0. The Balaban J connectivity index is 1.76. The predicted octanol–water partition coefficient (Wildman–Crippen LogP) is 5.01. The third-order valence-corrected chi connectivity index (χ3v) is 5.88. The second-order valence-corrected chi connectivity index (χ2v) is 7.45. The highest BCUT2D eigenvalue weighted by Gasteiger charge is 2.14. The monoisotopic (exact) mass is 389 g/mol. The van der Waals surface area contributed by atoms with Crippen LogP contribution in [0, 0.1) is 0 Å². The van der Waals surface area contributed by atoms with Crippen LogP contribution in [0.4, 0.5) is 0 Å². The first-order valence-electron chi connectivity index (χ1n) is 7.59. The number of rotatable bonds is 3. The molecule has 0 unspecified atom stereocenters. The van der Waals surface area contributed by atoms with Crippen molar-refractivity contribution < 1.29 is 0 Å². The number of thioether (sulfide) groups is 1. The third-order valence-electron chi connectivity index (χ3n) is 4.04. The molecule has 1 N–H and O–H groups in total. The van der Waals surface area contributed by atoms with Gasteiger partial charge in [0.05, 0.1) is 10.0 Å². The molecule has 0 bridgehead atoms. The van der Waals surface area contributed by atoms with Gasteiger partial charge in [0.2, 0.25) is 0 Å². The van der Waals surface area contributed by atoms with Crippen molar-refractivity contribution in [3.8, 4) is 0 Å². The van der Waals surface area contributed by atoms with Gasteiger partial charge < -0.3 is 4.98 Å². The molecule has 2 aromatic carbocycles. The maximum atomic E-state index is 12.7. The standard InChI is InChI=1S/C18H13Cl2N3OS/c1-23-17(24)16-15(11-4-2-3-5-14(11)21-16)22-18(23)25-9-10-6-7-12(19)13(20)8-10/h2-8,21H,9H2,1H3. The molecule has 0 spiro atoms. The number of benzene rings is 2. The Morgan fingerprint density at radius 3 is 2.76 bits per heavy atom. The molecule has 126 valence electrons. The summed E-state index contributed by atoms with van der Waals surface area (Å²) in [5.41, 5.74) is 3.08. The van der Waals surface area contributed by atoms with E-state index in [2.05, 4.69) is 4.98 Å². The van der Waals surface area contributed by atoms with E-state index in [1.165, 1.54) is 11.8 Å². The molecular weight excluding hydrogens is 377 g/mol. The second-order valence-electron chi connectivity index (χ2n) is 5.69. The second kappa shape index (κ2) is 6.41. The zero-order valence-electron chi connectivity index (χ0n) is 13.2. The third kappa shape index (κ3) is 2.92. The van der Waals surface area contributed by atoms with Crippen molar-refractivity contribution in [1.29, 1.82) is 0 Å². The fourth-order valence-corrected chi connectivity index (χ4v) is 3.96. The number of H-pyrrole nitrogens is 1. The highest BCUT2D eigenvalue weighted by atomic mass is 35.5. The molecule has 7 heteroatoms. The Labute approximate surface area is 157 Å². The van der Waals surface area contributed by atoms with Gasteiger partial charge in [0.1, 0.15) is 11.0 Å². The van der Waals surface area contributed by atoms with Gasteiger partial charge in [-0.3, -0.25) is 9.36 Å². The molecule has 0 fully saturated rings. The summed E-state index contributed by atoms with van der Waals surface area (Å²) in [5.74, 6) is 0.644. The Morgan fingerprint density at radius 1 is 1.16 bits per heavy atom. The Bertz CT molecular complexity index is 1170. The van der Waals surface area contributed by atoms with Gasteiger partial charge in [-0.25, -0.2) is 4.98 Å². The van der Waals surface area contributed by atoms with Gasteiger partial charge >= 0.3 is 0 Å². The maximum Gasteiger partial charge on any atom is 0.278 e. The van der Waals surface area contributed by atoms with Crippen molar-refractivity contribution in [1.82, 2.24) is 14.5 Å². The number of hydrogen-bond donors (Lipinski definition) is 1. The van der Waals surface area contributed by atoms with E-state index in [4.69, 9.17) is 28.2 Å². The van der Waals surface area contributed by atoms with Crippen LogP contribution in [0.3, 0.4) is 0 Å². The minimum atomic E-state index is -0.0853. The number of para-hydroxylation sites is 1. The van der Waals surface area contributed by atoms with Crippen LogP contribution in [0.15, 0.2) is 52.4 Å². The first kappa shape index (κ1) is 16.5. The van der Waals surface area contributed by atoms with Crippen molar-refractivity contribution in [2.75, 3.05) is 0 Å². The molecule has 0 saturated carbocycles. The van der Waals surface area contributed by atoms with Crippen molar-refractivity contribution in [2.45, 2.75) is 10.9 Å². The van der Waals surface area contributed by atoms with Crippen LogP contribution in [-0.4, -0.2) is 14.5 Å². The van der Waals surface area contributed by atoms with Gasteiger partial charge in [-0.1, -0.05) is 59.2 Å². The lowest BCUT2D eigenvalue weighted by Crippen LogP contribution is -2.19. The van der Waals surface area contributed by atoms with Gasteiger partial charge in [0, 0.05) is 23.7 Å².